The fourth-order valence-corrected chi connectivity index (χ4v) is 4.29. The topological polar surface area (TPSA) is 21.4 Å². The van der Waals surface area contributed by atoms with Crippen LogP contribution in [-0.4, -0.2) is 0 Å². The van der Waals surface area contributed by atoms with Crippen LogP contribution in [0, 0.1) is 34.3 Å². The highest BCUT2D eigenvalue weighted by Gasteiger charge is 2.26. The number of nitrogens with zero attached hydrogens (tertiary/aromatic N) is 2. The number of aromatic nitrogens is 1. The largest absolute Gasteiger partial charge is 0.466 e. The van der Waals surface area contributed by atoms with E-state index in [2.05, 4.69) is 4.85 Å². The third kappa shape index (κ3) is 2.75. The Hall–Kier alpha value is -3.12. The van der Waals surface area contributed by atoms with Gasteiger partial charge in [0.15, 0.2) is 5.69 Å². The van der Waals surface area contributed by atoms with E-state index in [1.165, 1.54) is 6.92 Å². The minimum atomic E-state index is -2.55. The Labute approximate surface area is 179 Å². The highest BCUT2D eigenvalue weighted by molar-refractivity contribution is 6.14. The van der Waals surface area contributed by atoms with Gasteiger partial charge in [0.1, 0.15) is 18.2 Å². The van der Waals surface area contributed by atoms with Crippen molar-refractivity contribution in [3.8, 4) is 11.3 Å². The lowest BCUT2D eigenvalue weighted by molar-refractivity contribution is -0.667. The number of benzene rings is 2. The molecule has 1 atom stereocenters. The Morgan fingerprint density at radius 2 is 1.83 bits per heavy atom. The van der Waals surface area contributed by atoms with Gasteiger partial charge >= 0.3 is 0 Å². The summed E-state index contributed by atoms with van der Waals surface area (Å²) in [6.45, 7) is 13.8. The lowest BCUT2D eigenvalue weighted by Gasteiger charge is -2.15. The Bertz CT molecular complexity index is 1510. The molecular formula is C26H27N2O+. The van der Waals surface area contributed by atoms with Gasteiger partial charge in [-0.3, -0.25) is 0 Å². The van der Waals surface area contributed by atoms with Gasteiger partial charge in [0.05, 0.1) is 13.5 Å². The summed E-state index contributed by atoms with van der Waals surface area (Å²) in [5.41, 5.74) is 6.18. The molecular weight excluding hydrogens is 356 g/mol. The first-order valence-corrected chi connectivity index (χ1v) is 9.57. The van der Waals surface area contributed by atoms with Crippen molar-refractivity contribution in [2.24, 2.45) is 7.05 Å². The van der Waals surface area contributed by atoms with Gasteiger partial charge in [-0.2, -0.15) is 4.57 Å². The van der Waals surface area contributed by atoms with E-state index in [-0.39, 0.29) is 6.04 Å². The van der Waals surface area contributed by atoms with Crippen LogP contribution in [0.25, 0.3) is 38.0 Å². The van der Waals surface area contributed by atoms with Crippen molar-refractivity contribution >= 4 is 27.6 Å². The van der Waals surface area contributed by atoms with Crippen LogP contribution in [0.3, 0.4) is 0 Å². The lowest BCUT2D eigenvalue weighted by atomic mass is 9.93. The molecule has 0 aliphatic carbocycles. The molecule has 2 aromatic heterocycles. The van der Waals surface area contributed by atoms with Gasteiger partial charge in [0.25, 0.3) is 0 Å². The molecule has 3 heteroatoms. The van der Waals surface area contributed by atoms with Crippen molar-refractivity contribution in [2.45, 2.75) is 47.4 Å². The molecule has 0 aliphatic heterocycles. The zero-order valence-corrected chi connectivity index (χ0v) is 17.6. The van der Waals surface area contributed by atoms with Crippen LogP contribution in [0.15, 0.2) is 34.7 Å². The molecule has 4 rings (SSSR count). The van der Waals surface area contributed by atoms with Crippen molar-refractivity contribution in [1.82, 2.24) is 0 Å². The van der Waals surface area contributed by atoms with E-state index in [1.807, 2.05) is 32.0 Å². The maximum atomic E-state index is 9.04. The van der Waals surface area contributed by atoms with E-state index >= 15 is 0 Å². The zero-order valence-electron chi connectivity index (χ0n) is 22.6. The highest BCUT2D eigenvalue weighted by Crippen LogP contribution is 2.42. The number of fused-ring (bicyclic) bond motifs is 3. The molecule has 2 aromatic carbocycles. The third-order valence-electron chi connectivity index (χ3n) is 5.80. The van der Waals surface area contributed by atoms with Crippen molar-refractivity contribution in [1.29, 1.82) is 0 Å². The normalized spacial score (nSPS) is 16.5. The summed E-state index contributed by atoms with van der Waals surface area (Å²) in [5.74, 6) is -1.87. The molecule has 0 bridgehead atoms. The second kappa shape index (κ2) is 6.74. The summed E-state index contributed by atoms with van der Waals surface area (Å²) in [5, 5.41) is 1.75. The third-order valence-corrected chi connectivity index (χ3v) is 5.80. The molecule has 0 amide bonds. The summed E-state index contributed by atoms with van der Waals surface area (Å²) >= 11 is 0. The predicted octanol–water partition coefficient (Wildman–Crippen LogP) is 6.99. The van der Waals surface area contributed by atoms with Gasteiger partial charge in [0, 0.05) is 34.8 Å². The first-order valence-electron chi connectivity index (χ1n) is 12.1. The predicted molar refractivity (Wildman–Crippen MR) is 120 cm³/mol. The first-order chi connectivity index (χ1) is 15.7. The molecule has 146 valence electrons. The van der Waals surface area contributed by atoms with Crippen LogP contribution >= 0.6 is 0 Å². The van der Waals surface area contributed by atoms with Gasteiger partial charge in [0.2, 0.25) is 11.4 Å². The minimum absolute atomic E-state index is 0.156. The van der Waals surface area contributed by atoms with Crippen LogP contribution in [0.1, 0.15) is 54.5 Å². The molecule has 0 spiro atoms. The van der Waals surface area contributed by atoms with Crippen LogP contribution in [0.2, 0.25) is 0 Å². The van der Waals surface area contributed by atoms with Crippen LogP contribution < -0.4 is 4.57 Å². The fourth-order valence-electron chi connectivity index (χ4n) is 4.29. The molecule has 0 saturated carbocycles. The van der Waals surface area contributed by atoms with Crippen molar-refractivity contribution in [2.75, 3.05) is 0 Å². The Morgan fingerprint density at radius 3 is 2.52 bits per heavy atom. The molecule has 29 heavy (non-hydrogen) atoms. The molecule has 4 aromatic rings. The average molecular weight is 389 g/mol. The molecule has 2 heterocycles. The minimum Gasteiger partial charge on any atom is -0.466 e. The number of hydrogen-bond acceptors (Lipinski definition) is 1. The standard InChI is InChI=1S/C26H27N2O/c1-14(2)22-17(5)13-21(28(8)18(22)6)24-16(4)9-11-19-23-15(3)10-12-20(27-7)26(23)29-25(19)24/h9-14H,1-6,8H3/q+1/i1D3,13D,14D. The van der Waals surface area contributed by atoms with Crippen LogP contribution in [0.4, 0.5) is 5.69 Å². The van der Waals surface area contributed by atoms with E-state index < -0.39 is 12.7 Å². The maximum Gasteiger partial charge on any atom is 0.229 e. The average Bonchev–Trinajstić information content (AvgIpc) is 3.14. The first kappa shape index (κ1) is 14.0. The summed E-state index contributed by atoms with van der Waals surface area (Å²) in [4.78, 5) is 3.62. The van der Waals surface area contributed by atoms with Crippen molar-refractivity contribution in [3.63, 3.8) is 0 Å². The highest BCUT2D eigenvalue weighted by atomic mass is 16.3. The maximum absolute atomic E-state index is 9.04. The van der Waals surface area contributed by atoms with Gasteiger partial charge in [-0.05, 0) is 43.4 Å². The number of rotatable bonds is 2. The van der Waals surface area contributed by atoms with Crippen molar-refractivity contribution < 1.29 is 15.8 Å². The molecule has 0 aliphatic rings. The quantitative estimate of drug-likeness (QED) is 0.268. The number of pyridine rings is 1. The van der Waals surface area contributed by atoms with Crippen molar-refractivity contribution in [3.05, 3.63) is 69.7 Å². The number of furan rings is 1. The second-order valence-electron chi connectivity index (χ2n) is 7.70. The van der Waals surface area contributed by atoms with Gasteiger partial charge in [-0.15, -0.1) is 0 Å². The van der Waals surface area contributed by atoms with Gasteiger partial charge in [-0.25, -0.2) is 4.85 Å². The Balaban J connectivity index is 2.17. The van der Waals surface area contributed by atoms with Gasteiger partial charge < -0.3 is 4.42 Å². The molecule has 0 radical (unpaired) electrons. The second-order valence-corrected chi connectivity index (χ2v) is 7.70. The smallest absolute Gasteiger partial charge is 0.229 e. The number of aryl methyl sites for hydroxylation is 2. The number of hydrogen-bond donors (Lipinski definition) is 0. The van der Waals surface area contributed by atoms with E-state index in [9.17, 15) is 0 Å². The zero-order chi connectivity index (χ0) is 25.3. The lowest BCUT2D eigenvalue weighted by Crippen LogP contribution is -2.37. The van der Waals surface area contributed by atoms with Crippen LogP contribution in [0.5, 0.6) is 0 Å². The molecule has 1 unspecified atom stereocenters. The van der Waals surface area contributed by atoms with E-state index in [1.54, 1.807) is 31.5 Å². The van der Waals surface area contributed by atoms with E-state index in [0.717, 1.165) is 27.5 Å². The summed E-state index contributed by atoms with van der Waals surface area (Å²) < 4.78 is 49.6. The Kier molecular flexibility index (Phi) is 3.24. The summed E-state index contributed by atoms with van der Waals surface area (Å²) in [7, 11) is 1.79. The summed E-state index contributed by atoms with van der Waals surface area (Å²) in [6, 6.07) is 7.78. The molecule has 0 fully saturated rings. The SMILES string of the molecule is [2H]c1c(C)c(C([2H])(C)C([2H])([2H])[2H])c(C)[n+](C)c1-c1c(C)ccc2c1oc1c([N+]#[C-])ccc(C)c12. The fraction of sp³-hybridized carbons (Fsp3) is 0.308. The Morgan fingerprint density at radius 1 is 1.10 bits per heavy atom. The van der Waals surface area contributed by atoms with E-state index in [0.29, 0.717) is 39.4 Å². The summed E-state index contributed by atoms with van der Waals surface area (Å²) in [6.07, 6.45) is 0. The molecule has 3 nitrogen and oxygen atoms in total. The van der Waals surface area contributed by atoms with Gasteiger partial charge in [-0.1, -0.05) is 38.0 Å². The van der Waals surface area contributed by atoms with E-state index in [4.69, 9.17) is 17.8 Å². The molecule has 0 N–H and O–H groups in total. The van der Waals surface area contributed by atoms with Crippen LogP contribution in [-0.2, 0) is 7.05 Å². The monoisotopic (exact) mass is 388 g/mol. The molecule has 0 saturated heterocycles.